The van der Waals surface area contributed by atoms with Gasteiger partial charge in [0, 0.05) is 9.13 Å². The van der Waals surface area contributed by atoms with Gasteiger partial charge in [0.1, 0.15) is 4.90 Å². The van der Waals surface area contributed by atoms with Crippen molar-refractivity contribution in [1.29, 1.82) is 5.41 Å². The molecule has 0 fully saturated rings. The summed E-state index contributed by atoms with van der Waals surface area (Å²) in [5.41, 5.74) is 0.0392. The fraction of sp³-hybridized carbons (Fsp3) is 0. The number of amidine groups is 1. The summed E-state index contributed by atoms with van der Waals surface area (Å²) in [6, 6.07) is 9.12. The van der Waals surface area contributed by atoms with E-state index in [1.165, 1.54) is 0 Å². The third-order valence-corrected chi connectivity index (χ3v) is 5.34. The molecule has 0 spiro atoms. The Bertz CT molecular complexity index is 1060. The zero-order valence-electron chi connectivity index (χ0n) is 12.2. The molecule has 0 saturated carbocycles. The number of nitrogens with zero attached hydrogens (tertiary/aromatic N) is 2. The molecule has 0 aromatic heterocycles. The van der Waals surface area contributed by atoms with Crippen LogP contribution >= 0.6 is 22.6 Å². The number of rotatable bonds is 4. The minimum atomic E-state index is -4.87. The molecule has 0 aliphatic rings. The van der Waals surface area contributed by atoms with Crippen LogP contribution < -0.4 is 0 Å². The fourth-order valence-corrected chi connectivity index (χ4v) is 3.40. The van der Waals surface area contributed by atoms with Crippen LogP contribution in [-0.4, -0.2) is 31.8 Å². The van der Waals surface area contributed by atoms with E-state index in [0.29, 0.717) is 11.8 Å². The third-order valence-electron chi connectivity index (χ3n) is 2.88. The van der Waals surface area contributed by atoms with E-state index in [2.05, 4.69) is 32.8 Å². The first-order valence-corrected chi connectivity index (χ1v) is 10.3. The number of hydrogen-bond donors (Lipinski definition) is 3. The first-order chi connectivity index (χ1) is 11.5. The van der Waals surface area contributed by atoms with Gasteiger partial charge >= 0.3 is 0 Å². The summed E-state index contributed by atoms with van der Waals surface area (Å²) in [7, 11) is -9.56. The van der Waals surface area contributed by atoms with Crippen LogP contribution in [0.2, 0.25) is 0 Å². The predicted molar refractivity (Wildman–Crippen MR) is 96.6 cm³/mol. The molecular formula is C13H10IN3O6S2. The van der Waals surface area contributed by atoms with Crippen molar-refractivity contribution in [2.75, 3.05) is 0 Å². The fourth-order valence-electron chi connectivity index (χ4n) is 1.74. The highest BCUT2D eigenvalue weighted by molar-refractivity contribution is 14.1. The highest BCUT2D eigenvalue weighted by Crippen LogP contribution is 2.22. The molecule has 2 aromatic rings. The molecule has 2 rings (SSSR count). The lowest BCUT2D eigenvalue weighted by atomic mass is 10.2. The SMILES string of the molecule is N=C(/N=N/c1ccc(I)cc1)c1ccc(S(=O)(=O)O)cc1S(=O)(=O)O. The Morgan fingerprint density at radius 2 is 1.56 bits per heavy atom. The van der Waals surface area contributed by atoms with Gasteiger partial charge in [-0.25, -0.2) is 0 Å². The zero-order valence-corrected chi connectivity index (χ0v) is 15.9. The molecule has 0 aliphatic heterocycles. The average molecular weight is 495 g/mol. The van der Waals surface area contributed by atoms with Crippen LogP contribution in [0, 0.1) is 8.98 Å². The van der Waals surface area contributed by atoms with Crippen molar-refractivity contribution in [2.24, 2.45) is 10.2 Å². The van der Waals surface area contributed by atoms with Gasteiger partial charge in [-0.15, -0.1) is 10.2 Å². The Morgan fingerprint density at radius 1 is 0.960 bits per heavy atom. The van der Waals surface area contributed by atoms with E-state index in [0.717, 1.165) is 15.7 Å². The van der Waals surface area contributed by atoms with E-state index >= 15 is 0 Å². The summed E-state index contributed by atoms with van der Waals surface area (Å²) >= 11 is 2.09. The van der Waals surface area contributed by atoms with Crippen molar-refractivity contribution in [3.05, 3.63) is 51.6 Å². The molecule has 25 heavy (non-hydrogen) atoms. The molecule has 0 unspecified atom stereocenters. The molecule has 0 saturated heterocycles. The maximum absolute atomic E-state index is 11.5. The minimum absolute atomic E-state index is 0.371. The largest absolute Gasteiger partial charge is 0.295 e. The van der Waals surface area contributed by atoms with E-state index in [4.69, 9.17) is 9.96 Å². The number of hydrogen-bond acceptors (Lipinski definition) is 6. The quantitative estimate of drug-likeness (QED) is 0.195. The Balaban J connectivity index is 2.47. The third kappa shape index (κ3) is 5.12. The van der Waals surface area contributed by atoms with Crippen molar-refractivity contribution < 1.29 is 25.9 Å². The standard InChI is InChI=1S/C13H10IN3O6S2/c14-8-1-3-9(4-2-8)16-17-13(15)11-6-5-10(24(18,19)20)7-12(11)25(21,22)23/h1-7,15H,(H,18,19,20)(H,21,22,23)/b15-13?,17-16+. The van der Waals surface area contributed by atoms with Gasteiger partial charge in [0.25, 0.3) is 20.2 Å². The van der Waals surface area contributed by atoms with Crippen LogP contribution in [0.25, 0.3) is 0 Å². The lowest BCUT2D eigenvalue weighted by molar-refractivity contribution is 0.481. The van der Waals surface area contributed by atoms with E-state index < -0.39 is 35.9 Å². The second-order valence-corrected chi connectivity index (χ2v) is 8.69. The Kier molecular flexibility index (Phi) is 5.68. The van der Waals surface area contributed by atoms with Crippen molar-refractivity contribution in [3.63, 3.8) is 0 Å². The number of nitrogens with one attached hydrogen (secondary N) is 1. The molecule has 0 heterocycles. The molecule has 0 radical (unpaired) electrons. The van der Waals surface area contributed by atoms with Gasteiger partial charge in [-0.3, -0.25) is 14.5 Å². The molecule has 12 heteroatoms. The predicted octanol–water partition coefficient (Wildman–Crippen LogP) is 2.89. The lowest BCUT2D eigenvalue weighted by Crippen LogP contribution is -2.09. The van der Waals surface area contributed by atoms with E-state index in [-0.39, 0.29) is 5.56 Å². The van der Waals surface area contributed by atoms with Crippen LogP contribution in [0.1, 0.15) is 5.56 Å². The highest BCUT2D eigenvalue weighted by Gasteiger charge is 2.22. The summed E-state index contributed by atoms with van der Waals surface area (Å²) in [5, 5.41) is 15.2. The van der Waals surface area contributed by atoms with Gasteiger partial charge in [0.05, 0.1) is 10.6 Å². The summed E-state index contributed by atoms with van der Waals surface area (Å²) in [4.78, 5) is -1.62. The summed E-state index contributed by atoms with van der Waals surface area (Å²) in [6.07, 6.45) is 0. The van der Waals surface area contributed by atoms with Crippen LogP contribution in [0.15, 0.2) is 62.5 Å². The van der Waals surface area contributed by atoms with E-state index in [9.17, 15) is 21.4 Å². The van der Waals surface area contributed by atoms with Gasteiger partial charge in [0.15, 0.2) is 5.84 Å². The van der Waals surface area contributed by atoms with Gasteiger partial charge in [0.2, 0.25) is 0 Å². The zero-order chi connectivity index (χ0) is 18.8. The topological polar surface area (TPSA) is 157 Å². The molecule has 2 aromatic carbocycles. The molecule has 132 valence electrons. The van der Waals surface area contributed by atoms with Gasteiger partial charge in [-0.05, 0) is 65.1 Å². The van der Waals surface area contributed by atoms with Gasteiger partial charge in [-0.2, -0.15) is 16.8 Å². The monoisotopic (exact) mass is 495 g/mol. The highest BCUT2D eigenvalue weighted by atomic mass is 127. The first kappa shape index (κ1) is 19.6. The number of benzene rings is 2. The van der Waals surface area contributed by atoms with Crippen molar-refractivity contribution in [1.82, 2.24) is 0 Å². The molecule has 0 aliphatic carbocycles. The average Bonchev–Trinajstić information content (AvgIpc) is 2.52. The lowest BCUT2D eigenvalue weighted by Gasteiger charge is -2.06. The Hall–Kier alpha value is -1.74. The van der Waals surface area contributed by atoms with Crippen molar-refractivity contribution >= 4 is 54.4 Å². The number of azo groups is 1. The molecule has 0 amide bonds. The maximum Gasteiger partial charge on any atom is 0.295 e. The normalized spacial score (nSPS) is 12.4. The van der Waals surface area contributed by atoms with E-state index in [1.54, 1.807) is 24.3 Å². The second-order valence-electron chi connectivity index (χ2n) is 4.63. The molecule has 0 bridgehead atoms. The van der Waals surface area contributed by atoms with Crippen molar-refractivity contribution in [2.45, 2.75) is 9.79 Å². The van der Waals surface area contributed by atoms with Gasteiger partial charge < -0.3 is 0 Å². The Labute approximate surface area is 157 Å². The summed E-state index contributed by atoms with van der Waals surface area (Å²) in [6.45, 7) is 0. The molecule has 0 atom stereocenters. The maximum atomic E-state index is 11.5. The van der Waals surface area contributed by atoms with E-state index in [1.807, 2.05) is 0 Å². The molecule has 3 N–H and O–H groups in total. The van der Waals surface area contributed by atoms with Crippen LogP contribution in [0.5, 0.6) is 0 Å². The number of halogens is 1. The van der Waals surface area contributed by atoms with Gasteiger partial charge in [-0.1, -0.05) is 0 Å². The smallest absolute Gasteiger partial charge is 0.282 e. The van der Waals surface area contributed by atoms with Crippen LogP contribution in [-0.2, 0) is 20.2 Å². The van der Waals surface area contributed by atoms with Crippen molar-refractivity contribution in [3.8, 4) is 0 Å². The van der Waals surface area contributed by atoms with Crippen LogP contribution in [0.3, 0.4) is 0 Å². The summed E-state index contributed by atoms with van der Waals surface area (Å²) in [5.74, 6) is -0.618. The minimum Gasteiger partial charge on any atom is -0.282 e. The molecular weight excluding hydrogens is 485 g/mol. The Morgan fingerprint density at radius 3 is 2.08 bits per heavy atom. The van der Waals surface area contributed by atoms with Crippen LogP contribution in [0.4, 0.5) is 5.69 Å². The molecule has 9 nitrogen and oxygen atoms in total. The summed E-state index contributed by atoms with van der Waals surface area (Å²) < 4.78 is 64.3. The first-order valence-electron chi connectivity index (χ1n) is 6.34. The second kappa shape index (κ2) is 7.25.